The number of hydrogen-bond acceptors (Lipinski definition) is 3. The summed E-state index contributed by atoms with van der Waals surface area (Å²) in [7, 11) is 0. The minimum atomic E-state index is -0.0593. The molecule has 0 aliphatic heterocycles. The molecule has 0 saturated heterocycles. The molecule has 0 heterocycles. The molecule has 0 unspecified atom stereocenters. The van der Waals surface area contributed by atoms with E-state index in [1.807, 2.05) is 6.92 Å². The number of aliphatic hydroxyl groups is 1. The smallest absolute Gasteiger partial charge is 0.305 e. The number of carbonyl (C=O) groups is 1. The van der Waals surface area contributed by atoms with Crippen molar-refractivity contribution in [3.8, 4) is 0 Å². The van der Waals surface area contributed by atoms with Gasteiger partial charge in [0, 0.05) is 13.0 Å². The minimum absolute atomic E-state index is 0. The average Bonchev–Trinajstić information content (AvgIpc) is 2.31. The topological polar surface area (TPSA) is 46.5 Å². The summed E-state index contributed by atoms with van der Waals surface area (Å²) in [6, 6.07) is 0. The Morgan fingerprint density at radius 2 is 1.50 bits per heavy atom. The van der Waals surface area contributed by atoms with Crippen LogP contribution in [0.15, 0.2) is 0 Å². The lowest BCUT2D eigenvalue weighted by Crippen LogP contribution is -2.02. The Morgan fingerprint density at radius 3 is 1.94 bits per heavy atom. The van der Waals surface area contributed by atoms with Crippen LogP contribution in [0.1, 0.15) is 79.6 Å². The Kier molecular flexibility index (Phi) is 27.2. The highest BCUT2D eigenvalue weighted by molar-refractivity contribution is 5.69. The SMILES string of the molecule is C.CCCCCC(=O)OCC.CCCCCCO. The second-order valence-corrected chi connectivity index (χ2v) is 4.05. The molecule has 0 spiro atoms. The third-order valence-corrected chi connectivity index (χ3v) is 2.30. The molecule has 1 N–H and O–H groups in total. The van der Waals surface area contributed by atoms with Gasteiger partial charge in [-0.1, -0.05) is 53.4 Å². The van der Waals surface area contributed by atoms with E-state index in [0.29, 0.717) is 19.6 Å². The van der Waals surface area contributed by atoms with Crippen LogP contribution in [0, 0.1) is 0 Å². The van der Waals surface area contributed by atoms with Crippen molar-refractivity contribution >= 4 is 5.97 Å². The van der Waals surface area contributed by atoms with Crippen LogP contribution >= 0.6 is 0 Å². The molecule has 0 amide bonds. The number of hydrogen-bond donors (Lipinski definition) is 1. The van der Waals surface area contributed by atoms with Crippen LogP contribution in [0.4, 0.5) is 0 Å². The zero-order valence-electron chi connectivity index (χ0n) is 11.8. The lowest BCUT2D eigenvalue weighted by molar-refractivity contribution is -0.143. The summed E-state index contributed by atoms with van der Waals surface area (Å²) in [5.74, 6) is -0.0593. The number of aliphatic hydroxyl groups excluding tert-OH is 1. The van der Waals surface area contributed by atoms with Gasteiger partial charge in [-0.15, -0.1) is 0 Å². The van der Waals surface area contributed by atoms with Crippen molar-refractivity contribution in [3.05, 3.63) is 0 Å². The molecule has 0 rings (SSSR count). The second kappa shape index (κ2) is 21.7. The fourth-order valence-corrected chi connectivity index (χ4v) is 1.29. The Hall–Kier alpha value is -0.570. The van der Waals surface area contributed by atoms with Crippen LogP contribution < -0.4 is 0 Å². The van der Waals surface area contributed by atoms with Gasteiger partial charge in [-0.25, -0.2) is 0 Å². The standard InChI is InChI=1S/C8H16O2.C6H14O.CH4/c1-3-5-6-7-8(9)10-4-2;1-2-3-4-5-6-7;/h3-7H2,1-2H3;7H,2-6H2,1H3;1H4. The van der Waals surface area contributed by atoms with Crippen molar-refractivity contribution in [1.82, 2.24) is 0 Å². The molecule has 0 aromatic heterocycles. The zero-order valence-corrected chi connectivity index (χ0v) is 11.8. The summed E-state index contributed by atoms with van der Waals surface area (Å²) in [6.45, 7) is 6.98. The van der Waals surface area contributed by atoms with E-state index in [0.717, 1.165) is 25.7 Å². The van der Waals surface area contributed by atoms with Crippen molar-refractivity contribution in [2.45, 2.75) is 79.6 Å². The maximum absolute atomic E-state index is 10.7. The molecule has 0 saturated carbocycles. The third-order valence-electron chi connectivity index (χ3n) is 2.30. The molecule has 0 aromatic carbocycles. The minimum Gasteiger partial charge on any atom is -0.466 e. The molecule has 0 aromatic rings. The largest absolute Gasteiger partial charge is 0.466 e. The van der Waals surface area contributed by atoms with Gasteiger partial charge in [-0.2, -0.15) is 0 Å². The Balaban J connectivity index is -0.000000251. The fourth-order valence-electron chi connectivity index (χ4n) is 1.29. The van der Waals surface area contributed by atoms with Gasteiger partial charge in [-0.3, -0.25) is 4.79 Å². The van der Waals surface area contributed by atoms with Gasteiger partial charge < -0.3 is 9.84 Å². The summed E-state index contributed by atoms with van der Waals surface area (Å²) >= 11 is 0. The predicted molar refractivity (Wildman–Crippen MR) is 78.7 cm³/mol. The first-order valence-electron chi connectivity index (χ1n) is 6.99. The summed E-state index contributed by atoms with van der Waals surface area (Å²) in [6.07, 6.45) is 8.51. The predicted octanol–water partition coefficient (Wildman–Crippen LogP) is 4.32. The molecule has 3 nitrogen and oxygen atoms in total. The van der Waals surface area contributed by atoms with Crippen molar-refractivity contribution < 1.29 is 14.6 Å². The van der Waals surface area contributed by atoms with Crippen molar-refractivity contribution in [1.29, 1.82) is 0 Å². The van der Waals surface area contributed by atoms with Crippen molar-refractivity contribution in [2.75, 3.05) is 13.2 Å². The molecule has 0 radical (unpaired) electrons. The van der Waals surface area contributed by atoms with E-state index < -0.39 is 0 Å². The summed E-state index contributed by atoms with van der Waals surface area (Å²) in [5, 5.41) is 8.29. The van der Waals surface area contributed by atoms with Gasteiger partial charge in [0.15, 0.2) is 0 Å². The molecule has 0 aliphatic carbocycles. The van der Waals surface area contributed by atoms with Crippen molar-refractivity contribution in [2.24, 2.45) is 0 Å². The first-order valence-corrected chi connectivity index (χ1v) is 6.99. The van der Waals surface area contributed by atoms with Crippen LogP contribution in [0.2, 0.25) is 0 Å². The number of unbranched alkanes of at least 4 members (excludes halogenated alkanes) is 5. The number of esters is 1. The van der Waals surface area contributed by atoms with E-state index in [9.17, 15) is 4.79 Å². The molecular formula is C15H34O3. The van der Waals surface area contributed by atoms with Crippen LogP contribution in [0.5, 0.6) is 0 Å². The second-order valence-electron chi connectivity index (χ2n) is 4.05. The maximum Gasteiger partial charge on any atom is 0.305 e. The summed E-state index contributed by atoms with van der Waals surface area (Å²) in [4.78, 5) is 10.7. The first kappa shape index (κ1) is 22.6. The summed E-state index contributed by atoms with van der Waals surface area (Å²) < 4.78 is 4.75. The Labute approximate surface area is 114 Å². The van der Waals surface area contributed by atoms with Crippen LogP contribution in [-0.4, -0.2) is 24.3 Å². The average molecular weight is 262 g/mol. The van der Waals surface area contributed by atoms with Gasteiger partial charge in [0.2, 0.25) is 0 Å². The maximum atomic E-state index is 10.7. The van der Waals surface area contributed by atoms with E-state index in [4.69, 9.17) is 9.84 Å². The van der Waals surface area contributed by atoms with E-state index in [-0.39, 0.29) is 13.4 Å². The highest BCUT2D eigenvalue weighted by atomic mass is 16.5. The molecule has 0 bridgehead atoms. The molecule has 18 heavy (non-hydrogen) atoms. The summed E-state index contributed by atoms with van der Waals surface area (Å²) in [5.41, 5.74) is 0. The molecule has 112 valence electrons. The van der Waals surface area contributed by atoms with E-state index in [2.05, 4.69) is 13.8 Å². The monoisotopic (exact) mass is 262 g/mol. The van der Waals surface area contributed by atoms with Crippen LogP contribution in [-0.2, 0) is 9.53 Å². The molecular weight excluding hydrogens is 228 g/mol. The van der Waals surface area contributed by atoms with Crippen molar-refractivity contribution in [3.63, 3.8) is 0 Å². The highest BCUT2D eigenvalue weighted by Crippen LogP contribution is 1.99. The van der Waals surface area contributed by atoms with Gasteiger partial charge in [0.05, 0.1) is 6.61 Å². The molecule has 0 atom stereocenters. The zero-order chi connectivity index (χ0) is 13.4. The number of carbonyl (C=O) groups excluding carboxylic acids is 1. The van der Waals surface area contributed by atoms with Crippen LogP contribution in [0.25, 0.3) is 0 Å². The normalized spacial score (nSPS) is 8.89. The third kappa shape index (κ3) is 24.6. The Bertz CT molecular complexity index is 143. The quantitative estimate of drug-likeness (QED) is 0.497. The van der Waals surface area contributed by atoms with E-state index >= 15 is 0 Å². The first-order chi connectivity index (χ1) is 8.22. The Morgan fingerprint density at radius 1 is 0.944 bits per heavy atom. The van der Waals surface area contributed by atoms with Gasteiger partial charge in [-0.05, 0) is 19.8 Å². The number of ether oxygens (including phenoxy) is 1. The molecule has 0 aliphatic rings. The molecule has 3 heteroatoms. The lowest BCUT2D eigenvalue weighted by atomic mass is 10.2. The fraction of sp³-hybridized carbons (Fsp3) is 0.933. The van der Waals surface area contributed by atoms with Gasteiger partial charge in [0.1, 0.15) is 0 Å². The van der Waals surface area contributed by atoms with E-state index in [1.54, 1.807) is 0 Å². The van der Waals surface area contributed by atoms with E-state index in [1.165, 1.54) is 19.3 Å². The van der Waals surface area contributed by atoms with Crippen LogP contribution in [0.3, 0.4) is 0 Å². The van der Waals surface area contributed by atoms with Gasteiger partial charge in [0.25, 0.3) is 0 Å². The highest BCUT2D eigenvalue weighted by Gasteiger charge is 1.98. The molecule has 0 fully saturated rings. The lowest BCUT2D eigenvalue weighted by Gasteiger charge is -1.99. The number of rotatable bonds is 9. The van der Waals surface area contributed by atoms with Gasteiger partial charge >= 0.3 is 5.97 Å².